The number of hydrogen-bond donors (Lipinski definition) is 0. The van der Waals surface area contributed by atoms with E-state index in [1.165, 1.54) is 44.9 Å². The van der Waals surface area contributed by atoms with Gasteiger partial charge in [0, 0.05) is 0 Å². The zero-order valence-corrected chi connectivity index (χ0v) is 12.8. The van der Waals surface area contributed by atoms with Crippen LogP contribution in [0.2, 0.25) is 0 Å². The van der Waals surface area contributed by atoms with Crippen LogP contribution < -0.4 is 0 Å². The highest BCUT2D eigenvalue weighted by molar-refractivity contribution is 5.45. The molecule has 0 heteroatoms. The van der Waals surface area contributed by atoms with Crippen molar-refractivity contribution in [1.82, 2.24) is 0 Å². The lowest BCUT2D eigenvalue weighted by atomic mass is 9.76. The van der Waals surface area contributed by atoms with Crippen molar-refractivity contribution in [2.45, 2.75) is 77.6 Å². The number of rotatable bonds is 3. The molecule has 19 heavy (non-hydrogen) atoms. The van der Waals surface area contributed by atoms with Crippen LogP contribution in [-0.4, -0.2) is 0 Å². The summed E-state index contributed by atoms with van der Waals surface area (Å²) in [4.78, 5) is 0. The lowest BCUT2D eigenvalue weighted by Crippen LogP contribution is -2.13. The van der Waals surface area contributed by atoms with Gasteiger partial charge in [0.15, 0.2) is 0 Å². The summed E-state index contributed by atoms with van der Waals surface area (Å²) >= 11 is 0. The molecule has 2 aliphatic carbocycles. The molecule has 0 spiro atoms. The Morgan fingerprint density at radius 2 is 1.42 bits per heavy atom. The topological polar surface area (TPSA) is 0 Å². The SMILES string of the molecule is CCc1c(C2CCC(C)CC2)ccc(C2CC2)c1C. The number of benzene rings is 1. The van der Waals surface area contributed by atoms with Crippen molar-refractivity contribution in [2.24, 2.45) is 5.92 Å². The van der Waals surface area contributed by atoms with E-state index in [-0.39, 0.29) is 0 Å². The Morgan fingerprint density at radius 3 is 2.00 bits per heavy atom. The van der Waals surface area contributed by atoms with Crippen molar-refractivity contribution in [3.63, 3.8) is 0 Å². The third-order valence-electron chi connectivity index (χ3n) is 5.50. The molecule has 0 atom stereocenters. The summed E-state index contributed by atoms with van der Waals surface area (Å²) in [5.74, 6) is 2.69. The molecule has 0 radical (unpaired) electrons. The second-order valence-corrected chi connectivity index (χ2v) is 6.93. The molecule has 104 valence electrons. The Hall–Kier alpha value is -0.780. The molecule has 2 fully saturated rings. The highest BCUT2D eigenvalue weighted by atomic mass is 14.3. The van der Waals surface area contributed by atoms with Crippen LogP contribution in [0.4, 0.5) is 0 Å². The Balaban J connectivity index is 1.90. The maximum atomic E-state index is 2.49. The smallest absolute Gasteiger partial charge is 0.0159 e. The Bertz CT molecular complexity index is 445. The zero-order valence-electron chi connectivity index (χ0n) is 12.8. The van der Waals surface area contributed by atoms with E-state index in [1.807, 2.05) is 0 Å². The van der Waals surface area contributed by atoms with Crippen molar-refractivity contribution in [1.29, 1.82) is 0 Å². The van der Waals surface area contributed by atoms with E-state index in [9.17, 15) is 0 Å². The highest BCUT2D eigenvalue weighted by Gasteiger charge is 2.28. The zero-order chi connectivity index (χ0) is 13.4. The summed E-state index contributed by atoms with van der Waals surface area (Å²) in [6, 6.07) is 4.94. The minimum absolute atomic E-state index is 0.845. The lowest BCUT2D eigenvalue weighted by molar-refractivity contribution is 0.347. The molecule has 2 aliphatic rings. The molecule has 0 saturated heterocycles. The van der Waals surface area contributed by atoms with E-state index in [4.69, 9.17) is 0 Å². The fourth-order valence-electron chi connectivity index (χ4n) is 4.06. The normalized spacial score (nSPS) is 27.5. The fourth-order valence-corrected chi connectivity index (χ4v) is 4.06. The van der Waals surface area contributed by atoms with Crippen molar-refractivity contribution in [2.75, 3.05) is 0 Å². The van der Waals surface area contributed by atoms with Crippen LogP contribution in [0.5, 0.6) is 0 Å². The predicted molar refractivity (Wildman–Crippen MR) is 82.9 cm³/mol. The van der Waals surface area contributed by atoms with Gasteiger partial charge in [-0.15, -0.1) is 0 Å². The number of hydrogen-bond acceptors (Lipinski definition) is 0. The van der Waals surface area contributed by atoms with Crippen LogP contribution in [0.3, 0.4) is 0 Å². The van der Waals surface area contributed by atoms with Gasteiger partial charge < -0.3 is 0 Å². The van der Waals surface area contributed by atoms with E-state index in [2.05, 4.69) is 32.9 Å². The third-order valence-corrected chi connectivity index (χ3v) is 5.50. The van der Waals surface area contributed by atoms with E-state index in [0.29, 0.717) is 0 Å². The molecule has 3 rings (SSSR count). The second kappa shape index (κ2) is 5.31. The summed E-state index contributed by atoms with van der Waals surface area (Å²) in [6.45, 7) is 7.13. The molecule has 0 nitrogen and oxygen atoms in total. The quantitative estimate of drug-likeness (QED) is 0.648. The van der Waals surface area contributed by atoms with Crippen LogP contribution in [0.15, 0.2) is 12.1 Å². The molecule has 0 heterocycles. The van der Waals surface area contributed by atoms with E-state index < -0.39 is 0 Å². The molecule has 0 N–H and O–H groups in total. The summed E-state index contributed by atoms with van der Waals surface area (Å²) in [7, 11) is 0. The van der Waals surface area contributed by atoms with E-state index in [1.54, 1.807) is 22.3 Å². The van der Waals surface area contributed by atoms with Crippen molar-refractivity contribution in [3.8, 4) is 0 Å². The molecule has 0 amide bonds. The van der Waals surface area contributed by atoms with Crippen molar-refractivity contribution >= 4 is 0 Å². The second-order valence-electron chi connectivity index (χ2n) is 6.93. The first-order valence-corrected chi connectivity index (χ1v) is 8.33. The van der Waals surface area contributed by atoms with Gasteiger partial charge in [0.05, 0.1) is 0 Å². The molecule has 1 aromatic carbocycles. The van der Waals surface area contributed by atoms with Crippen LogP contribution in [0.25, 0.3) is 0 Å². The molecule has 0 aliphatic heterocycles. The van der Waals surface area contributed by atoms with Crippen LogP contribution in [0.1, 0.15) is 86.5 Å². The largest absolute Gasteiger partial charge is 0.0625 e. The van der Waals surface area contributed by atoms with Gasteiger partial charge in [-0.25, -0.2) is 0 Å². The lowest BCUT2D eigenvalue weighted by Gasteiger charge is -2.29. The molecule has 0 aromatic heterocycles. The Morgan fingerprint density at radius 1 is 0.895 bits per heavy atom. The molecule has 0 unspecified atom stereocenters. The Kier molecular flexibility index (Phi) is 3.69. The first-order valence-electron chi connectivity index (χ1n) is 8.33. The summed E-state index contributed by atoms with van der Waals surface area (Å²) in [5, 5.41) is 0. The maximum absolute atomic E-state index is 2.49. The summed E-state index contributed by atoms with van der Waals surface area (Å²) < 4.78 is 0. The maximum Gasteiger partial charge on any atom is -0.0159 e. The van der Waals surface area contributed by atoms with Gasteiger partial charge >= 0.3 is 0 Å². The van der Waals surface area contributed by atoms with Crippen molar-refractivity contribution < 1.29 is 0 Å². The molecule has 2 saturated carbocycles. The van der Waals surface area contributed by atoms with Gasteiger partial charge in [0.2, 0.25) is 0 Å². The van der Waals surface area contributed by atoms with Gasteiger partial charge in [-0.05, 0) is 79.0 Å². The van der Waals surface area contributed by atoms with Crippen LogP contribution >= 0.6 is 0 Å². The highest BCUT2D eigenvalue weighted by Crippen LogP contribution is 2.44. The third kappa shape index (κ3) is 2.59. The minimum Gasteiger partial charge on any atom is -0.0625 e. The average molecular weight is 256 g/mol. The van der Waals surface area contributed by atoms with Crippen molar-refractivity contribution in [3.05, 3.63) is 34.4 Å². The summed E-state index contributed by atoms with van der Waals surface area (Å²) in [5.41, 5.74) is 6.66. The molecular weight excluding hydrogens is 228 g/mol. The first kappa shape index (κ1) is 13.2. The predicted octanol–water partition coefficient (Wildman–Crippen LogP) is 5.73. The summed E-state index contributed by atoms with van der Waals surface area (Å²) in [6.07, 6.45) is 9.74. The Labute approximate surface area is 118 Å². The monoisotopic (exact) mass is 256 g/mol. The van der Waals surface area contributed by atoms with Gasteiger partial charge in [-0.1, -0.05) is 38.8 Å². The molecule has 1 aromatic rings. The van der Waals surface area contributed by atoms with Crippen LogP contribution in [-0.2, 0) is 6.42 Å². The first-order chi connectivity index (χ1) is 9.20. The van der Waals surface area contributed by atoms with E-state index >= 15 is 0 Å². The van der Waals surface area contributed by atoms with Gasteiger partial charge in [0.1, 0.15) is 0 Å². The minimum atomic E-state index is 0.845. The van der Waals surface area contributed by atoms with Crippen LogP contribution in [0, 0.1) is 12.8 Å². The van der Waals surface area contributed by atoms with Gasteiger partial charge in [0.25, 0.3) is 0 Å². The molecular formula is C19H28. The molecule has 0 bridgehead atoms. The average Bonchev–Trinajstić information content (AvgIpc) is 3.24. The van der Waals surface area contributed by atoms with Gasteiger partial charge in [-0.2, -0.15) is 0 Å². The standard InChI is InChI=1S/C19H28/c1-4-17-14(3)18(15-9-10-15)11-12-19(17)16-7-5-13(2)6-8-16/h11-13,15-16H,4-10H2,1-3H3. The fraction of sp³-hybridized carbons (Fsp3) is 0.684. The van der Waals surface area contributed by atoms with E-state index in [0.717, 1.165) is 17.8 Å². The van der Waals surface area contributed by atoms with Gasteiger partial charge in [-0.3, -0.25) is 0 Å².